The van der Waals surface area contributed by atoms with Crippen LogP contribution in [0, 0.1) is 0 Å². The number of anilines is 1. The van der Waals surface area contributed by atoms with Crippen LogP contribution in [0.4, 0.5) is 5.69 Å². The van der Waals surface area contributed by atoms with E-state index in [1.54, 1.807) is 0 Å². The summed E-state index contributed by atoms with van der Waals surface area (Å²) in [6.45, 7) is 7.15. The van der Waals surface area contributed by atoms with E-state index in [-0.39, 0.29) is 6.61 Å². The molecule has 0 aliphatic rings. The number of hydrogen-bond acceptors (Lipinski definition) is 3. The molecule has 0 radical (unpaired) electrons. The first-order valence-corrected chi connectivity index (χ1v) is 9.77. The zero-order chi connectivity index (χ0) is 18.3. The van der Waals surface area contributed by atoms with Crippen LogP contribution in [-0.2, 0) is 0 Å². The number of aliphatic hydroxyl groups is 1. The lowest BCUT2D eigenvalue weighted by molar-refractivity contribution is -0.916. The highest BCUT2D eigenvalue weighted by Crippen LogP contribution is 2.25. The number of aromatic nitrogens is 1. The standard InChI is InChI=1S/C19H28Cl2N3O/c1-3-24(14-20,11-12-25)10-4-5-15(2)23-18-8-9-22-19-13-16(21)6-7-17(18)19/h6-9,13,15,25H,3-5,10-12,14H2,1-2H3,(H,22,23)/q+1. The number of aliphatic hydroxyl groups excluding tert-OH is 1. The van der Waals surface area contributed by atoms with Crippen molar-refractivity contribution in [1.82, 2.24) is 4.98 Å². The van der Waals surface area contributed by atoms with Gasteiger partial charge in [0.1, 0.15) is 6.54 Å². The van der Waals surface area contributed by atoms with Gasteiger partial charge in [-0.15, -0.1) is 0 Å². The predicted molar refractivity (Wildman–Crippen MR) is 107 cm³/mol. The van der Waals surface area contributed by atoms with E-state index in [9.17, 15) is 5.11 Å². The van der Waals surface area contributed by atoms with Crippen LogP contribution in [0.5, 0.6) is 0 Å². The van der Waals surface area contributed by atoms with Crippen molar-refractivity contribution in [2.75, 3.05) is 37.6 Å². The second-order valence-electron chi connectivity index (χ2n) is 6.66. The Morgan fingerprint density at radius 2 is 2.08 bits per heavy atom. The number of quaternary nitrogens is 1. The first-order valence-electron chi connectivity index (χ1n) is 8.86. The molecule has 25 heavy (non-hydrogen) atoms. The minimum Gasteiger partial charge on any atom is -0.391 e. The number of fused-ring (bicyclic) bond motifs is 1. The van der Waals surface area contributed by atoms with Gasteiger partial charge in [-0.1, -0.05) is 23.2 Å². The number of nitrogens with zero attached hydrogens (tertiary/aromatic N) is 2. The third-order valence-corrected chi connectivity index (χ3v) is 5.62. The second kappa shape index (κ2) is 9.58. The zero-order valence-corrected chi connectivity index (χ0v) is 16.5. The molecule has 6 heteroatoms. The van der Waals surface area contributed by atoms with E-state index in [1.165, 1.54) is 0 Å². The predicted octanol–water partition coefficient (Wildman–Crippen LogP) is 4.49. The maximum Gasteiger partial charge on any atom is 0.154 e. The lowest BCUT2D eigenvalue weighted by Gasteiger charge is -2.35. The number of pyridine rings is 1. The summed E-state index contributed by atoms with van der Waals surface area (Å²) in [6.07, 6.45) is 3.91. The van der Waals surface area contributed by atoms with E-state index in [0.29, 0.717) is 17.1 Å². The number of nitrogens with one attached hydrogen (secondary N) is 1. The van der Waals surface area contributed by atoms with Gasteiger partial charge < -0.3 is 14.9 Å². The lowest BCUT2D eigenvalue weighted by atomic mass is 10.1. The molecule has 0 aliphatic heterocycles. The number of halogens is 2. The number of hydrogen-bond donors (Lipinski definition) is 2. The van der Waals surface area contributed by atoms with Crippen LogP contribution < -0.4 is 5.32 Å². The minimum atomic E-state index is 0.180. The average Bonchev–Trinajstić information content (AvgIpc) is 2.61. The molecule has 2 rings (SSSR count). The Morgan fingerprint density at radius 1 is 1.28 bits per heavy atom. The molecule has 1 heterocycles. The van der Waals surface area contributed by atoms with Crippen molar-refractivity contribution < 1.29 is 9.59 Å². The molecular formula is C19H28Cl2N3O+. The fraction of sp³-hybridized carbons (Fsp3) is 0.526. The first kappa shape index (κ1) is 20.2. The summed E-state index contributed by atoms with van der Waals surface area (Å²) >= 11 is 12.2. The topological polar surface area (TPSA) is 45.1 Å². The van der Waals surface area contributed by atoms with E-state index >= 15 is 0 Å². The monoisotopic (exact) mass is 384 g/mol. The summed E-state index contributed by atoms with van der Waals surface area (Å²) in [6, 6.07) is 8.68. The zero-order valence-electron chi connectivity index (χ0n) is 15.0. The molecule has 2 aromatic rings. The molecule has 0 saturated heterocycles. The summed E-state index contributed by atoms with van der Waals surface area (Å²) in [5.41, 5.74) is 1.98. The van der Waals surface area contributed by atoms with Crippen molar-refractivity contribution in [2.45, 2.75) is 32.7 Å². The van der Waals surface area contributed by atoms with Crippen LogP contribution in [-0.4, -0.2) is 52.9 Å². The van der Waals surface area contributed by atoms with Crippen molar-refractivity contribution in [3.8, 4) is 0 Å². The van der Waals surface area contributed by atoms with E-state index in [1.807, 2.05) is 30.5 Å². The molecule has 0 saturated carbocycles. The highest BCUT2D eigenvalue weighted by molar-refractivity contribution is 6.31. The molecule has 0 spiro atoms. The van der Waals surface area contributed by atoms with Gasteiger partial charge >= 0.3 is 0 Å². The molecule has 4 nitrogen and oxygen atoms in total. The quantitative estimate of drug-likeness (QED) is 0.360. The maximum absolute atomic E-state index is 9.29. The van der Waals surface area contributed by atoms with Gasteiger partial charge in [0.25, 0.3) is 0 Å². The van der Waals surface area contributed by atoms with Gasteiger partial charge in [-0.25, -0.2) is 0 Å². The Labute approximate surface area is 160 Å². The Kier molecular flexibility index (Phi) is 7.76. The van der Waals surface area contributed by atoms with E-state index in [0.717, 1.165) is 53.5 Å². The van der Waals surface area contributed by atoms with Crippen molar-refractivity contribution in [2.24, 2.45) is 0 Å². The van der Waals surface area contributed by atoms with E-state index in [2.05, 4.69) is 24.1 Å². The van der Waals surface area contributed by atoms with Crippen LogP contribution >= 0.6 is 23.2 Å². The van der Waals surface area contributed by atoms with Crippen LogP contribution in [0.15, 0.2) is 30.5 Å². The molecular weight excluding hydrogens is 357 g/mol. The largest absolute Gasteiger partial charge is 0.391 e. The van der Waals surface area contributed by atoms with Crippen molar-refractivity contribution in [1.29, 1.82) is 0 Å². The van der Waals surface area contributed by atoms with Crippen LogP contribution in [0.1, 0.15) is 26.7 Å². The number of alkyl halides is 1. The summed E-state index contributed by atoms with van der Waals surface area (Å²) in [5.74, 6) is 0. The highest BCUT2D eigenvalue weighted by Gasteiger charge is 2.23. The summed E-state index contributed by atoms with van der Waals surface area (Å²) < 4.78 is 0.765. The maximum atomic E-state index is 9.29. The fourth-order valence-corrected chi connectivity index (χ4v) is 3.74. The fourth-order valence-electron chi connectivity index (χ4n) is 3.16. The van der Waals surface area contributed by atoms with Crippen LogP contribution in [0.25, 0.3) is 10.9 Å². The third kappa shape index (κ3) is 5.45. The summed E-state index contributed by atoms with van der Waals surface area (Å²) in [4.78, 5) is 4.38. The Hall–Kier alpha value is -1.07. The first-order chi connectivity index (χ1) is 12.0. The van der Waals surface area contributed by atoms with Gasteiger partial charge in [0.15, 0.2) is 6.00 Å². The summed E-state index contributed by atoms with van der Waals surface area (Å²) in [5, 5.41) is 14.7. The van der Waals surface area contributed by atoms with E-state index in [4.69, 9.17) is 23.2 Å². The minimum absolute atomic E-state index is 0.180. The molecule has 1 aromatic carbocycles. The van der Waals surface area contributed by atoms with Gasteiger partial charge in [0.2, 0.25) is 0 Å². The molecule has 0 amide bonds. The van der Waals surface area contributed by atoms with Gasteiger partial charge in [0.05, 0.1) is 25.2 Å². The summed E-state index contributed by atoms with van der Waals surface area (Å²) in [7, 11) is 0. The third-order valence-electron chi connectivity index (χ3n) is 4.87. The van der Waals surface area contributed by atoms with Gasteiger partial charge in [0, 0.05) is 28.3 Å². The van der Waals surface area contributed by atoms with Crippen molar-refractivity contribution >= 4 is 39.8 Å². The Morgan fingerprint density at radius 3 is 2.76 bits per heavy atom. The molecule has 2 N–H and O–H groups in total. The number of likely N-dealkylation sites (N-methyl/N-ethyl adjacent to an activating group) is 1. The molecule has 2 unspecified atom stereocenters. The van der Waals surface area contributed by atoms with Gasteiger partial charge in [-0.2, -0.15) is 0 Å². The van der Waals surface area contributed by atoms with Crippen LogP contribution in [0.2, 0.25) is 5.02 Å². The molecule has 0 aliphatic carbocycles. The Balaban J connectivity index is 1.95. The normalized spacial score (nSPS) is 15.1. The average molecular weight is 385 g/mol. The molecule has 1 aromatic heterocycles. The number of rotatable bonds is 10. The van der Waals surface area contributed by atoms with Gasteiger partial charge in [-0.05, 0) is 51.0 Å². The SMILES string of the molecule is CC[N+](CCl)(CCO)CCCC(C)Nc1ccnc2cc(Cl)ccc12. The molecule has 138 valence electrons. The highest BCUT2D eigenvalue weighted by atomic mass is 35.5. The molecule has 0 bridgehead atoms. The van der Waals surface area contributed by atoms with Gasteiger partial charge in [-0.3, -0.25) is 4.98 Å². The molecule has 0 fully saturated rings. The van der Waals surface area contributed by atoms with Crippen LogP contribution in [0.3, 0.4) is 0 Å². The van der Waals surface area contributed by atoms with Crippen molar-refractivity contribution in [3.63, 3.8) is 0 Å². The van der Waals surface area contributed by atoms with Crippen molar-refractivity contribution in [3.05, 3.63) is 35.5 Å². The molecule has 2 atom stereocenters. The number of benzene rings is 1. The lowest BCUT2D eigenvalue weighted by Crippen LogP contribution is -2.49. The Bertz CT molecular complexity index is 677. The van der Waals surface area contributed by atoms with E-state index < -0.39 is 0 Å². The second-order valence-corrected chi connectivity index (χ2v) is 7.33. The smallest absolute Gasteiger partial charge is 0.154 e.